The van der Waals surface area contributed by atoms with Crippen molar-refractivity contribution in [2.75, 3.05) is 13.7 Å². The second-order valence-corrected chi connectivity index (χ2v) is 4.59. The van der Waals surface area contributed by atoms with Gasteiger partial charge in [-0.15, -0.1) is 0 Å². The van der Waals surface area contributed by atoms with Crippen molar-refractivity contribution in [1.82, 2.24) is 0 Å². The van der Waals surface area contributed by atoms with E-state index < -0.39 is 0 Å². The third-order valence-electron chi connectivity index (χ3n) is 3.09. The first-order valence-electron chi connectivity index (χ1n) is 6.66. The zero-order valence-corrected chi connectivity index (χ0v) is 11.9. The highest BCUT2D eigenvalue weighted by Crippen LogP contribution is 2.26. The van der Waals surface area contributed by atoms with E-state index in [4.69, 9.17) is 19.8 Å². The summed E-state index contributed by atoms with van der Waals surface area (Å²) in [4.78, 5) is 0. The predicted molar refractivity (Wildman–Crippen MR) is 79.2 cm³/mol. The maximum absolute atomic E-state index is 9.13. The maximum atomic E-state index is 9.13. The van der Waals surface area contributed by atoms with Gasteiger partial charge < -0.3 is 14.6 Å². The van der Waals surface area contributed by atoms with E-state index >= 15 is 0 Å². The molecular formula is C17H17NO3. The van der Waals surface area contributed by atoms with Crippen LogP contribution in [-0.4, -0.2) is 18.8 Å². The molecule has 0 aliphatic heterocycles. The van der Waals surface area contributed by atoms with Crippen molar-refractivity contribution in [2.45, 2.75) is 13.0 Å². The molecule has 0 unspecified atom stereocenters. The molecule has 0 aliphatic carbocycles. The summed E-state index contributed by atoms with van der Waals surface area (Å²) in [5.41, 5.74) is 2.26. The van der Waals surface area contributed by atoms with E-state index in [2.05, 4.69) is 6.07 Å². The lowest BCUT2D eigenvalue weighted by Crippen LogP contribution is -1.95. The molecule has 2 aromatic carbocycles. The standard InChI is InChI=1S/C17H17NO3/c1-20-9-8-13-2-5-16(6-3-13)21-17-7-4-14(12-19)10-15(17)11-18/h2-7,10,19H,8-9,12H2,1H3. The van der Waals surface area contributed by atoms with Gasteiger partial charge in [-0.25, -0.2) is 0 Å². The summed E-state index contributed by atoms with van der Waals surface area (Å²) in [6.07, 6.45) is 0.853. The Balaban J connectivity index is 2.13. The van der Waals surface area contributed by atoms with E-state index in [1.165, 1.54) is 5.56 Å². The average Bonchev–Trinajstić information content (AvgIpc) is 2.54. The molecule has 0 fully saturated rings. The molecule has 0 heterocycles. The topological polar surface area (TPSA) is 62.5 Å². The highest BCUT2D eigenvalue weighted by atomic mass is 16.5. The molecule has 4 nitrogen and oxygen atoms in total. The molecule has 0 bridgehead atoms. The van der Waals surface area contributed by atoms with Crippen LogP contribution in [0, 0.1) is 11.3 Å². The van der Waals surface area contributed by atoms with Crippen LogP contribution in [0.4, 0.5) is 0 Å². The Hall–Kier alpha value is -2.35. The van der Waals surface area contributed by atoms with Gasteiger partial charge in [-0.2, -0.15) is 5.26 Å². The molecule has 2 rings (SSSR count). The number of aliphatic hydroxyl groups excluding tert-OH is 1. The van der Waals surface area contributed by atoms with E-state index in [0.29, 0.717) is 29.2 Å². The zero-order chi connectivity index (χ0) is 15.1. The van der Waals surface area contributed by atoms with E-state index in [0.717, 1.165) is 6.42 Å². The third-order valence-corrected chi connectivity index (χ3v) is 3.09. The van der Waals surface area contributed by atoms with E-state index in [1.807, 2.05) is 24.3 Å². The third kappa shape index (κ3) is 4.06. The Kier molecular flexibility index (Phi) is 5.33. The van der Waals surface area contributed by atoms with E-state index in [9.17, 15) is 0 Å². The molecule has 108 valence electrons. The fourth-order valence-electron chi connectivity index (χ4n) is 1.92. The lowest BCUT2D eigenvalue weighted by Gasteiger charge is -2.09. The number of hydrogen-bond donors (Lipinski definition) is 1. The Morgan fingerprint density at radius 1 is 1.10 bits per heavy atom. The van der Waals surface area contributed by atoms with Gasteiger partial charge in [0, 0.05) is 7.11 Å². The Labute approximate surface area is 124 Å². The van der Waals surface area contributed by atoms with Crippen LogP contribution in [0.2, 0.25) is 0 Å². The van der Waals surface area contributed by atoms with E-state index in [1.54, 1.807) is 25.3 Å². The van der Waals surface area contributed by atoms with Crippen molar-refractivity contribution < 1.29 is 14.6 Å². The lowest BCUT2D eigenvalue weighted by molar-refractivity contribution is 0.202. The second-order valence-electron chi connectivity index (χ2n) is 4.59. The molecule has 0 saturated heterocycles. The van der Waals surface area contributed by atoms with Gasteiger partial charge in [-0.3, -0.25) is 0 Å². The van der Waals surface area contributed by atoms with Crippen LogP contribution in [0.3, 0.4) is 0 Å². The minimum absolute atomic E-state index is 0.0941. The quantitative estimate of drug-likeness (QED) is 0.885. The minimum atomic E-state index is -0.0941. The molecule has 4 heteroatoms. The number of nitrogens with zero attached hydrogens (tertiary/aromatic N) is 1. The number of hydrogen-bond acceptors (Lipinski definition) is 4. The second kappa shape index (κ2) is 7.44. The molecule has 0 aliphatic rings. The van der Waals surface area contributed by atoms with Crippen molar-refractivity contribution in [2.24, 2.45) is 0 Å². The van der Waals surface area contributed by atoms with Crippen LogP contribution >= 0.6 is 0 Å². The van der Waals surface area contributed by atoms with Crippen molar-refractivity contribution in [3.8, 4) is 17.6 Å². The van der Waals surface area contributed by atoms with Gasteiger partial charge in [0.2, 0.25) is 0 Å². The van der Waals surface area contributed by atoms with Crippen LogP contribution in [0.25, 0.3) is 0 Å². The highest BCUT2D eigenvalue weighted by Gasteiger charge is 2.06. The maximum Gasteiger partial charge on any atom is 0.145 e. The van der Waals surface area contributed by atoms with Crippen LogP contribution < -0.4 is 4.74 Å². The summed E-state index contributed by atoms with van der Waals surface area (Å²) in [7, 11) is 1.68. The minimum Gasteiger partial charge on any atom is -0.456 e. The van der Waals surface area contributed by atoms with Crippen molar-refractivity contribution in [3.63, 3.8) is 0 Å². The number of nitriles is 1. The Morgan fingerprint density at radius 2 is 1.81 bits per heavy atom. The fourth-order valence-corrected chi connectivity index (χ4v) is 1.92. The van der Waals surface area contributed by atoms with Crippen LogP contribution in [-0.2, 0) is 17.8 Å². The van der Waals surface area contributed by atoms with Crippen LogP contribution in [0.15, 0.2) is 42.5 Å². The largest absolute Gasteiger partial charge is 0.456 e. The normalized spacial score (nSPS) is 10.1. The van der Waals surface area contributed by atoms with Crippen LogP contribution in [0.5, 0.6) is 11.5 Å². The zero-order valence-electron chi connectivity index (χ0n) is 11.9. The molecule has 21 heavy (non-hydrogen) atoms. The van der Waals surface area contributed by atoms with Crippen molar-refractivity contribution >= 4 is 0 Å². The SMILES string of the molecule is COCCc1ccc(Oc2ccc(CO)cc2C#N)cc1. The summed E-state index contributed by atoms with van der Waals surface area (Å²) < 4.78 is 10.8. The summed E-state index contributed by atoms with van der Waals surface area (Å²) >= 11 is 0. The fraction of sp³-hybridized carbons (Fsp3) is 0.235. The first kappa shape index (κ1) is 15.0. The molecule has 0 atom stereocenters. The molecule has 0 spiro atoms. The first-order valence-corrected chi connectivity index (χ1v) is 6.66. The van der Waals surface area contributed by atoms with Crippen molar-refractivity contribution in [1.29, 1.82) is 5.26 Å². The lowest BCUT2D eigenvalue weighted by atomic mass is 10.1. The summed E-state index contributed by atoms with van der Waals surface area (Å²) in [6, 6.07) is 14.8. The Morgan fingerprint density at radius 3 is 2.43 bits per heavy atom. The molecule has 0 radical (unpaired) electrons. The van der Waals surface area contributed by atoms with Gasteiger partial charge in [0.05, 0.1) is 18.8 Å². The molecule has 0 aromatic heterocycles. The monoisotopic (exact) mass is 283 g/mol. The van der Waals surface area contributed by atoms with Gasteiger partial charge in [-0.1, -0.05) is 18.2 Å². The molecule has 0 amide bonds. The molecule has 2 aromatic rings. The van der Waals surface area contributed by atoms with Gasteiger partial charge >= 0.3 is 0 Å². The summed E-state index contributed by atoms with van der Waals surface area (Å²) in [5, 5.41) is 18.2. The van der Waals surface area contributed by atoms with Crippen LogP contribution in [0.1, 0.15) is 16.7 Å². The summed E-state index contributed by atoms with van der Waals surface area (Å²) in [5.74, 6) is 1.16. The Bertz CT molecular complexity index is 629. The predicted octanol–water partition coefficient (Wildman–Crippen LogP) is 3.03. The van der Waals surface area contributed by atoms with E-state index in [-0.39, 0.29) is 6.61 Å². The number of ether oxygens (including phenoxy) is 2. The molecular weight excluding hydrogens is 266 g/mol. The van der Waals surface area contributed by atoms with Gasteiger partial charge in [0.1, 0.15) is 17.6 Å². The molecule has 1 N–H and O–H groups in total. The van der Waals surface area contributed by atoms with Gasteiger partial charge in [0.15, 0.2) is 0 Å². The van der Waals surface area contributed by atoms with Crippen molar-refractivity contribution in [3.05, 3.63) is 59.2 Å². The highest BCUT2D eigenvalue weighted by molar-refractivity contribution is 5.47. The number of benzene rings is 2. The number of methoxy groups -OCH3 is 1. The summed E-state index contributed by atoms with van der Waals surface area (Å²) in [6.45, 7) is 0.588. The van der Waals surface area contributed by atoms with Gasteiger partial charge in [-0.05, 0) is 41.8 Å². The average molecular weight is 283 g/mol. The first-order chi connectivity index (χ1) is 10.3. The smallest absolute Gasteiger partial charge is 0.145 e. The molecule has 0 saturated carbocycles. The van der Waals surface area contributed by atoms with Gasteiger partial charge in [0.25, 0.3) is 0 Å². The number of aliphatic hydroxyl groups is 1. The number of rotatable bonds is 6.